The standard InChI is InChI=1S/C11H8F3N5S/c12-11(13,14)9-16-17-10-19(9)18-8(20-10)5-6-3-1-2-4-7(6)15/h1-4H,5,15H2. The minimum atomic E-state index is -4.57. The quantitative estimate of drug-likeness (QED) is 0.738. The zero-order valence-electron chi connectivity index (χ0n) is 9.92. The minimum absolute atomic E-state index is 0.113. The topological polar surface area (TPSA) is 69.1 Å². The van der Waals surface area contributed by atoms with Gasteiger partial charge in [0.1, 0.15) is 5.01 Å². The van der Waals surface area contributed by atoms with Gasteiger partial charge in [0.2, 0.25) is 4.96 Å². The van der Waals surface area contributed by atoms with Crippen LogP contribution in [0.2, 0.25) is 0 Å². The number of anilines is 1. The van der Waals surface area contributed by atoms with E-state index in [1.165, 1.54) is 0 Å². The number of aromatic nitrogens is 4. The molecule has 2 N–H and O–H groups in total. The van der Waals surface area contributed by atoms with Crippen LogP contribution in [0.5, 0.6) is 0 Å². The number of hydrogen-bond acceptors (Lipinski definition) is 5. The van der Waals surface area contributed by atoms with Crippen LogP contribution in [0.1, 0.15) is 16.4 Å². The summed E-state index contributed by atoms with van der Waals surface area (Å²) in [6.07, 6.45) is -4.21. The van der Waals surface area contributed by atoms with E-state index in [4.69, 9.17) is 5.73 Å². The van der Waals surface area contributed by atoms with Crippen LogP contribution in [0.3, 0.4) is 0 Å². The molecule has 3 rings (SSSR count). The zero-order chi connectivity index (χ0) is 14.3. The van der Waals surface area contributed by atoms with Crippen molar-refractivity contribution in [2.24, 2.45) is 0 Å². The number of nitrogens with two attached hydrogens (primary N) is 1. The van der Waals surface area contributed by atoms with E-state index in [1.807, 2.05) is 12.1 Å². The Kier molecular flexibility index (Phi) is 2.85. The molecular formula is C11H8F3N5S. The van der Waals surface area contributed by atoms with Gasteiger partial charge in [0.15, 0.2) is 0 Å². The Labute approximate surface area is 114 Å². The van der Waals surface area contributed by atoms with Crippen molar-refractivity contribution in [2.75, 3.05) is 5.73 Å². The number of para-hydroxylation sites is 1. The normalized spacial score (nSPS) is 12.2. The number of alkyl halides is 3. The molecule has 104 valence electrons. The zero-order valence-corrected chi connectivity index (χ0v) is 10.7. The van der Waals surface area contributed by atoms with Crippen molar-refractivity contribution < 1.29 is 13.2 Å². The third-order valence-electron chi connectivity index (χ3n) is 2.68. The van der Waals surface area contributed by atoms with Gasteiger partial charge in [0, 0.05) is 12.1 Å². The van der Waals surface area contributed by atoms with E-state index in [9.17, 15) is 13.2 Å². The summed E-state index contributed by atoms with van der Waals surface area (Å²) in [6, 6.07) is 7.14. The number of nitrogen functional groups attached to an aromatic ring is 1. The molecule has 5 nitrogen and oxygen atoms in total. The molecule has 0 saturated heterocycles. The summed E-state index contributed by atoms with van der Waals surface area (Å²) in [5.41, 5.74) is 7.19. The largest absolute Gasteiger partial charge is 0.453 e. The van der Waals surface area contributed by atoms with Gasteiger partial charge in [-0.15, -0.1) is 10.2 Å². The average molecular weight is 299 g/mol. The Hall–Kier alpha value is -2.16. The van der Waals surface area contributed by atoms with E-state index in [0.29, 0.717) is 17.1 Å². The Morgan fingerprint density at radius 3 is 2.65 bits per heavy atom. The summed E-state index contributed by atoms with van der Waals surface area (Å²) in [6.45, 7) is 0. The lowest BCUT2D eigenvalue weighted by molar-refractivity contribution is -0.146. The first kappa shape index (κ1) is 12.9. The van der Waals surface area contributed by atoms with Gasteiger partial charge < -0.3 is 5.73 Å². The molecule has 0 radical (unpaired) electrons. The molecule has 0 saturated carbocycles. The maximum absolute atomic E-state index is 12.7. The summed E-state index contributed by atoms with van der Waals surface area (Å²) in [4.78, 5) is 0.113. The van der Waals surface area contributed by atoms with Crippen LogP contribution in [0.25, 0.3) is 4.96 Å². The fraction of sp³-hybridized carbons (Fsp3) is 0.182. The number of benzene rings is 1. The number of nitrogens with zero attached hydrogens (tertiary/aromatic N) is 4. The molecule has 3 aromatic rings. The van der Waals surface area contributed by atoms with Crippen LogP contribution in [-0.4, -0.2) is 19.8 Å². The Bertz CT molecular complexity index is 761. The van der Waals surface area contributed by atoms with Crippen molar-refractivity contribution in [3.05, 3.63) is 40.7 Å². The van der Waals surface area contributed by atoms with Crippen molar-refractivity contribution in [1.82, 2.24) is 19.8 Å². The van der Waals surface area contributed by atoms with E-state index < -0.39 is 12.0 Å². The smallest absolute Gasteiger partial charge is 0.398 e. The molecule has 2 heterocycles. The first-order valence-corrected chi connectivity index (χ1v) is 6.38. The van der Waals surface area contributed by atoms with E-state index >= 15 is 0 Å². The summed E-state index contributed by atoms with van der Waals surface area (Å²) < 4.78 is 38.7. The maximum Gasteiger partial charge on any atom is 0.453 e. The third kappa shape index (κ3) is 2.20. The average Bonchev–Trinajstić information content (AvgIpc) is 2.90. The highest BCUT2D eigenvalue weighted by atomic mass is 32.1. The van der Waals surface area contributed by atoms with Crippen LogP contribution in [0.4, 0.5) is 18.9 Å². The Morgan fingerprint density at radius 2 is 1.95 bits per heavy atom. The summed E-state index contributed by atoms with van der Waals surface area (Å²) in [7, 11) is 0. The molecule has 0 unspecified atom stereocenters. The second kappa shape index (κ2) is 4.44. The van der Waals surface area contributed by atoms with Crippen LogP contribution in [0, 0.1) is 0 Å². The lowest BCUT2D eigenvalue weighted by Crippen LogP contribution is -2.11. The van der Waals surface area contributed by atoms with E-state index in [2.05, 4.69) is 15.3 Å². The predicted molar refractivity (Wildman–Crippen MR) is 67.3 cm³/mol. The molecule has 2 aromatic heterocycles. The first-order valence-electron chi connectivity index (χ1n) is 5.57. The molecule has 0 spiro atoms. The van der Waals surface area contributed by atoms with Crippen molar-refractivity contribution in [3.63, 3.8) is 0 Å². The molecule has 0 amide bonds. The van der Waals surface area contributed by atoms with Gasteiger partial charge >= 0.3 is 6.18 Å². The highest BCUT2D eigenvalue weighted by Crippen LogP contribution is 2.29. The van der Waals surface area contributed by atoms with Crippen LogP contribution in [-0.2, 0) is 12.6 Å². The fourth-order valence-electron chi connectivity index (χ4n) is 1.76. The first-order chi connectivity index (χ1) is 9.45. The molecule has 0 fully saturated rings. The van der Waals surface area contributed by atoms with Gasteiger partial charge in [-0.2, -0.15) is 22.8 Å². The molecule has 0 bridgehead atoms. The van der Waals surface area contributed by atoms with Gasteiger partial charge in [-0.25, -0.2) is 0 Å². The van der Waals surface area contributed by atoms with Crippen molar-refractivity contribution in [2.45, 2.75) is 12.6 Å². The summed E-state index contributed by atoms with van der Waals surface area (Å²) in [5.74, 6) is -1.11. The predicted octanol–water partition coefficient (Wildman–Crippen LogP) is 2.38. The lowest BCUT2D eigenvalue weighted by Gasteiger charge is -2.02. The second-order valence-electron chi connectivity index (χ2n) is 4.09. The second-order valence-corrected chi connectivity index (χ2v) is 5.13. The highest BCUT2D eigenvalue weighted by molar-refractivity contribution is 7.16. The summed E-state index contributed by atoms with van der Waals surface area (Å²) in [5, 5.41) is 11.0. The van der Waals surface area contributed by atoms with Gasteiger partial charge in [-0.3, -0.25) is 0 Å². The van der Waals surface area contributed by atoms with Gasteiger partial charge in [-0.1, -0.05) is 29.5 Å². The number of rotatable bonds is 2. The third-order valence-corrected chi connectivity index (χ3v) is 3.58. The van der Waals surface area contributed by atoms with E-state index in [1.54, 1.807) is 12.1 Å². The van der Waals surface area contributed by atoms with E-state index in [-0.39, 0.29) is 4.96 Å². The molecule has 0 aliphatic heterocycles. The molecule has 1 aromatic carbocycles. The van der Waals surface area contributed by atoms with Crippen LogP contribution >= 0.6 is 11.3 Å². The van der Waals surface area contributed by atoms with Gasteiger partial charge in [0.25, 0.3) is 5.82 Å². The fourth-order valence-corrected chi connectivity index (χ4v) is 2.62. The SMILES string of the molecule is Nc1ccccc1Cc1nn2c(C(F)(F)F)nnc2s1. The lowest BCUT2D eigenvalue weighted by atomic mass is 10.1. The molecule has 20 heavy (non-hydrogen) atoms. The number of fused-ring (bicyclic) bond motifs is 1. The van der Waals surface area contributed by atoms with Gasteiger partial charge in [0.05, 0.1) is 0 Å². The molecule has 0 aliphatic rings. The van der Waals surface area contributed by atoms with Crippen molar-refractivity contribution in [1.29, 1.82) is 0 Å². The van der Waals surface area contributed by atoms with Crippen LogP contribution < -0.4 is 5.73 Å². The monoisotopic (exact) mass is 299 g/mol. The number of halogens is 3. The van der Waals surface area contributed by atoms with Crippen molar-refractivity contribution in [3.8, 4) is 0 Å². The Balaban J connectivity index is 1.98. The van der Waals surface area contributed by atoms with E-state index in [0.717, 1.165) is 21.4 Å². The molecule has 0 atom stereocenters. The minimum Gasteiger partial charge on any atom is -0.398 e. The maximum atomic E-state index is 12.7. The van der Waals surface area contributed by atoms with Gasteiger partial charge in [-0.05, 0) is 11.6 Å². The molecule has 9 heteroatoms. The van der Waals surface area contributed by atoms with Crippen LogP contribution in [0.15, 0.2) is 24.3 Å². The van der Waals surface area contributed by atoms with Crippen molar-refractivity contribution >= 4 is 22.0 Å². The molecular weight excluding hydrogens is 291 g/mol. The Morgan fingerprint density at radius 1 is 1.20 bits per heavy atom. The highest BCUT2D eigenvalue weighted by Gasteiger charge is 2.38. The molecule has 0 aliphatic carbocycles. The summed E-state index contributed by atoms with van der Waals surface area (Å²) >= 11 is 1.06. The number of hydrogen-bond donors (Lipinski definition) is 1.